The Morgan fingerprint density at radius 2 is 1.17 bits per heavy atom. The fourth-order valence-electron chi connectivity index (χ4n) is 12.4. The molecule has 4 N–H and O–H groups in total. The smallest absolute Gasteiger partial charge is 0.248 e. The highest BCUT2D eigenvalue weighted by atomic mass is 35.5. The van der Waals surface area contributed by atoms with Crippen molar-refractivity contribution in [3.63, 3.8) is 0 Å². The Balaban J connectivity index is 2.34. The van der Waals surface area contributed by atoms with Crippen molar-refractivity contribution >= 4 is 76.6 Å². The lowest BCUT2D eigenvalue weighted by atomic mass is 9.98. The largest absolute Gasteiger partial charge is 0.393 e. The molecule has 0 aromatic carbocycles. The van der Waals surface area contributed by atoms with Gasteiger partial charge in [-0.15, -0.1) is 0 Å². The number of ether oxygens (including phenoxy) is 1. The zero-order valence-electron chi connectivity index (χ0n) is 59.9. The van der Waals surface area contributed by atoms with E-state index >= 15 is 19.2 Å². The van der Waals surface area contributed by atoms with Gasteiger partial charge in [0, 0.05) is 106 Å². The second kappa shape index (κ2) is 39.2. The lowest BCUT2D eigenvalue weighted by molar-refractivity contribution is -0.154. The van der Waals surface area contributed by atoms with Crippen LogP contribution in [0.2, 0.25) is 0 Å². The number of rotatable bonds is 19. The number of fused-ring (bicyclic) bond motifs is 4. The number of carbonyl (C=O) groups excluding carboxylic acids is 11. The number of allylic oxidation sites excluding steroid dienone is 7. The molecule has 3 saturated heterocycles. The Kier molecular flexibility index (Phi) is 33.9. The van der Waals surface area contributed by atoms with Gasteiger partial charge in [0.05, 0.1) is 18.8 Å². The molecule has 25 nitrogen and oxygen atoms in total. The third kappa shape index (κ3) is 23.0. The highest BCUT2D eigenvalue weighted by Gasteiger charge is 2.50. The lowest BCUT2D eigenvalue weighted by Gasteiger charge is -2.40. The quantitative estimate of drug-likeness (QED) is 0.105. The lowest BCUT2D eigenvalue weighted by Crippen LogP contribution is -2.62. The summed E-state index contributed by atoms with van der Waals surface area (Å²) in [5.74, 6) is -7.83. The first-order chi connectivity index (χ1) is 45.0. The van der Waals surface area contributed by atoms with Crippen LogP contribution in [0.3, 0.4) is 0 Å². The van der Waals surface area contributed by atoms with Gasteiger partial charge in [-0.25, -0.2) is 0 Å². The van der Waals surface area contributed by atoms with Gasteiger partial charge >= 0.3 is 0 Å². The van der Waals surface area contributed by atoms with E-state index in [0.29, 0.717) is 5.57 Å². The van der Waals surface area contributed by atoms with Gasteiger partial charge in [0.15, 0.2) is 0 Å². The number of nitrogens with zero attached hydrogens (tertiary/aromatic N) is 9. The Labute approximate surface area is 574 Å². The molecule has 26 heteroatoms. The minimum absolute atomic E-state index is 0.00279. The fraction of sp³-hybridized carbons (Fsp3) is 0.671. The number of hydrogen-bond donors (Lipinski definition) is 4. The average Bonchev–Trinajstić information content (AvgIpc) is 1.58. The van der Waals surface area contributed by atoms with Crippen LogP contribution in [0.15, 0.2) is 72.9 Å². The first-order valence-corrected chi connectivity index (χ1v) is 34.0. The molecule has 0 saturated carbocycles. The van der Waals surface area contributed by atoms with Crippen molar-refractivity contribution in [2.24, 2.45) is 17.8 Å². The maximum absolute atomic E-state index is 15.5. The first kappa shape index (κ1) is 83.0. The van der Waals surface area contributed by atoms with E-state index in [2.05, 4.69) is 23.8 Å². The van der Waals surface area contributed by atoms with Crippen LogP contribution in [0.5, 0.6) is 0 Å². The number of aliphatic hydroxyl groups excluding tert-OH is 2. The SMILES string of the molecule is C=C/C=C\C=C\CC1C(=O)N(C)C(CC(=C)/C=C\C=C\Cl)C(=O)NC(COCCC(C)O)C(=O)N(C)C(CC(C)C)C(=O)N[C@@H](C(C)O)C(=O)N(C)C(CC(C)C)C(=O)N(C)C2CC(C)N(CCC(=O)N(C)CCCC(=O)N(C)C3CC(C)N(C3=O)C(C(C)C)C(=O)N1C)C2=O. The van der Waals surface area contributed by atoms with Gasteiger partial charge in [0.25, 0.3) is 0 Å². The van der Waals surface area contributed by atoms with E-state index < -0.39 is 138 Å². The second-order valence-corrected chi connectivity index (χ2v) is 27.5. The zero-order chi connectivity index (χ0) is 72.7. The molecule has 4 bridgehead atoms. The summed E-state index contributed by atoms with van der Waals surface area (Å²) in [4.78, 5) is 174. The molecule has 538 valence electrons. The Hall–Kier alpha value is -7.22. The van der Waals surface area contributed by atoms with Crippen LogP contribution in [0.1, 0.15) is 133 Å². The third-order valence-electron chi connectivity index (χ3n) is 18.3. The van der Waals surface area contributed by atoms with Crippen molar-refractivity contribution < 1.29 is 67.7 Å². The van der Waals surface area contributed by atoms with Crippen molar-refractivity contribution in [1.29, 1.82) is 0 Å². The number of nitrogens with one attached hydrogen (secondary N) is 2. The molecule has 12 unspecified atom stereocenters. The van der Waals surface area contributed by atoms with E-state index in [1.807, 2.05) is 20.8 Å². The van der Waals surface area contributed by atoms with Crippen molar-refractivity contribution in [3.05, 3.63) is 72.9 Å². The summed E-state index contributed by atoms with van der Waals surface area (Å²) in [7, 11) is 10.1. The number of amides is 11. The van der Waals surface area contributed by atoms with Crippen LogP contribution < -0.4 is 10.6 Å². The fourth-order valence-corrected chi connectivity index (χ4v) is 12.4. The first-order valence-electron chi connectivity index (χ1n) is 33.5. The van der Waals surface area contributed by atoms with Crippen LogP contribution >= 0.6 is 11.6 Å². The minimum atomic E-state index is -1.67. The summed E-state index contributed by atoms with van der Waals surface area (Å²) in [5, 5.41) is 27.0. The summed E-state index contributed by atoms with van der Waals surface area (Å²) in [6.07, 6.45) is 11.0. The molecule has 0 aromatic rings. The molecular formula is C70H112ClN11O14. The van der Waals surface area contributed by atoms with Gasteiger partial charge in [0.2, 0.25) is 65.0 Å². The predicted molar refractivity (Wildman–Crippen MR) is 369 cm³/mol. The monoisotopic (exact) mass is 1370 g/mol. The molecule has 0 radical (unpaired) electrons. The molecule has 3 rings (SSSR count). The van der Waals surface area contributed by atoms with Crippen LogP contribution in [-0.2, 0) is 57.5 Å². The summed E-state index contributed by atoms with van der Waals surface area (Å²) in [5.41, 5.74) is 1.59. The van der Waals surface area contributed by atoms with E-state index in [1.54, 1.807) is 96.0 Å². The third-order valence-corrected chi connectivity index (χ3v) is 18.4. The highest BCUT2D eigenvalue weighted by molar-refractivity contribution is 6.25. The Morgan fingerprint density at radius 3 is 1.75 bits per heavy atom. The highest BCUT2D eigenvalue weighted by Crippen LogP contribution is 2.31. The summed E-state index contributed by atoms with van der Waals surface area (Å²) < 4.78 is 5.95. The maximum Gasteiger partial charge on any atom is 0.248 e. The van der Waals surface area contributed by atoms with Crippen LogP contribution in [-0.4, -0.2) is 274 Å². The van der Waals surface area contributed by atoms with E-state index in [9.17, 15) is 43.8 Å². The van der Waals surface area contributed by atoms with Crippen molar-refractivity contribution in [1.82, 2.24) is 54.7 Å². The molecule has 0 spiro atoms. The standard InChI is InChI=1S/C70H112ClN11O14/c1-20-21-22-23-24-29-52-65(90)78(17)54(39-46(8)28-25-26-33-71)62(87)72-51(42-96-36-32-49(11)83)64(89)77(16)53(37-43(2)3)63(88)73-60(50(12)84)69(94)80(19)55(38-44(4)5)66(91)79(18)56-40-47(9)81(67(56)92)35-31-58(85)74(13)34-27-30-59(86)75(14)57-41-48(10)82(68(57)93)61(45(6)7)70(95)76(52)15/h20-26,28,33,43-45,47-57,60-61,83-84H,1,8,27,29-32,34-42H2,2-7,9-19H3,(H,72,87)(H,73,88)/b22-21-,24-23+,28-25-,33-26+/t47?,48?,49?,50?,51?,52?,53?,54?,55?,56?,57?,60-,61?/m0/s1. The van der Waals surface area contributed by atoms with Crippen molar-refractivity contribution in [2.45, 2.75) is 212 Å². The Bertz CT molecular complexity index is 2860. The van der Waals surface area contributed by atoms with Gasteiger partial charge in [-0.3, -0.25) is 52.7 Å². The number of carbonyl (C=O) groups is 11. The zero-order valence-corrected chi connectivity index (χ0v) is 60.7. The number of aliphatic hydroxyl groups is 2. The number of halogens is 1. The molecule has 3 aliphatic heterocycles. The minimum Gasteiger partial charge on any atom is -0.393 e. The molecule has 3 heterocycles. The topological polar surface area (TPSA) is 291 Å². The van der Waals surface area contributed by atoms with Crippen LogP contribution in [0.4, 0.5) is 0 Å². The summed E-state index contributed by atoms with van der Waals surface area (Å²) >= 11 is 5.84. The normalized spacial score (nSPS) is 27.4. The van der Waals surface area contributed by atoms with Gasteiger partial charge in [-0.2, -0.15) is 0 Å². The molecule has 3 aliphatic rings. The maximum atomic E-state index is 15.5. The number of likely N-dealkylation sites (N-methyl/N-ethyl adjacent to an activating group) is 6. The summed E-state index contributed by atoms with van der Waals surface area (Å²) in [6, 6.07) is -12.6. The molecular weight excluding hydrogens is 1250 g/mol. The molecule has 11 amide bonds. The van der Waals surface area contributed by atoms with Crippen molar-refractivity contribution in [2.75, 3.05) is 75.6 Å². The van der Waals surface area contributed by atoms with Crippen LogP contribution in [0, 0.1) is 17.8 Å². The van der Waals surface area contributed by atoms with Gasteiger partial charge in [-0.05, 0) is 90.4 Å². The molecule has 0 aromatic heterocycles. The van der Waals surface area contributed by atoms with Gasteiger partial charge in [-0.1, -0.05) is 120 Å². The molecule has 13 atom stereocenters. The molecule has 0 aliphatic carbocycles. The van der Waals surface area contributed by atoms with Gasteiger partial charge in [0.1, 0.15) is 54.4 Å². The Morgan fingerprint density at radius 1 is 0.604 bits per heavy atom. The van der Waals surface area contributed by atoms with E-state index in [1.165, 1.54) is 85.3 Å². The predicted octanol–water partition coefficient (Wildman–Crippen LogP) is 4.03. The van der Waals surface area contributed by atoms with Gasteiger partial charge < -0.3 is 69.7 Å². The second-order valence-electron chi connectivity index (χ2n) is 27.2. The molecule has 3 fully saturated rings. The van der Waals surface area contributed by atoms with E-state index in [4.69, 9.17) is 16.3 Å². The van der Waals surface area contributed by atoms with Crippen LogP contribution in [0.25, 0.3) is 0 Å². The number of hydrogen-bond acceptors (Lipinski definition) is 14. The summed E-state index contributed by atoms with van der Waals surface area (Å²) in [6.45, 7) is 24.8. The average molecular weight is 1370 g/mol. The van der Waals surface area contributed by atoms with Crippen molar-refractivity contribution in [3.8, 4) is 0 Å². The van der Waals surface area contributed by atoms with E-state index in [0.717, 1.165) is 14.7 Å². The van der Waals surface area contributed by atoms with E-state index in [-0.39, 0.29) is 114 Å². The molecule has 96 heavy (non-hydrogen) atoms.